The van der Waals surface area contributed by atoms with Crippen molar-refractivity contribution in [1.29, 1.82) is 0 Å². The number of nitrogens with one attached hydrogen (secondary N) is 2. The van der Waals surface area contributed by atoms with Gasteiger partial charge in [-0.3, -0.25) is 4.79 Å². The topological polar surface area (TPSA) is 79.8 Å². The molecule has 2 aliphatic rings. The molecule has 4 rings (SSSR count). The zero-order chi connectivity index (χ0) is 17.2. The van der Waals surface area contributed by atoms with Crippen LogP contribution in [0.3, 0.4) is 0 Å². The van der Waals surface area contributed by atoms with Crippen LogP contribution in [0.4, 0.5) is 0 Å². The largest absolute Gasteiger partial charge is 0.486 e. The number of benzene rings is 1. The first kappa shape index (κ1) is 16.4. The number of aliphatic hydroxyl groups excluding tert-OH is 1. The van der Waals surface area contributed by atoms with Gasteiger partial charge in [-0.2, -0.15) is 0 Å². The molecule has 2 unspecified atom stereocenters. The van der Waals surface area contributed by atoms with E-state index >= 15 is 0 Å². The second-order valence-electron chi connectivity index (χ2n) is 6.22. The van der Waals surface area contributed by atoms with E-state index in [4.69, 9.17) is 9.47 Å². The van der Waals surface area contributed by atoms with Crippen molar-refractivity contribution in [3.05, 3.63) is 35.2 Å². The van der Waals surface area contributed by atoms with E-state index in [2.05, 4.69) is 10.6 Å². The predicted molar refractivity (Wildman–Crippen MR) is 95.4 cm³/mol. The molecule has 0 radical (unpaired) electrons. The van der Waals surface area contributed by atoms with Crippen molar-refractivity contribution in [2.24, 2.45) is 5.92 Å². The maximum Gasteiger partial charge on any atom is 0.261 e. The molecule has 6 nitrogen and oxygen atoms in total. The molecule has 2 aliphatic heterocycles. The van der Waals surface area contributed by atoms with Crippen molar-refractivity contribution >= 4 is 17.2 Å². The molecule has 1 aromatic carbocycles. The smallest absolute Gasteiger partial charge is 0.261 e. The Morgan fingerprint density at radius 2 is 2.04 bits per heavy atom. The number of thiophene rings is 1. The average Bonchev–Trinajstić information content (AvgIpc) is 3.28. The Morgan fingerprint density at radius 1 is 1.20 bits per heavy atom. The van der Waals surface area contributed by atoms with E-state index < -0.39 is 6.10 Å². The summed E-state index contributed by atoms with van der Waals surface area (Å²) in [6.45, 7) is 2.92. The predicted octanol–water partition coefficient (Wildman–Crippen LogP) is 1.50. The first-order valence-corrected chi connectivity index (χ1v) is 9.19. The van der Waals surface area contributed by atoms with Gasteiger partial charge in [0.1, 0.15) is 13.2 Å². The van der Waals surface area contributed by atoms with E-state index in [1.807, 2.05) is 30.3 Å². The number of aliphatic hydroxyl groups is 1. The second kappa shape index (κ2) is 7.03. The lowest BCUT2D eigenvalue weighted by molar-refractivity contribution is 0.0931. The molecule has 25 heavy (non-hydrogen) atoms. The van der Waals surface area contributed by atoms with Crippen molar-refractivity contribution < 1.29 is 19.4 Å². The van der Waals surface area contributed by atoms with E-state index in [0.29, 0.717) is 31.2 Å². The number of rotatable bonds is 4. The Labute approximate surface area is 149 Å². The number of carbonyl (C=O) groups excluding carboxylic acids is 1. The fraction of sp³-hybridized carbons (Fsp3) is 0.389. The molecule has 0 aliphatic carbocycles. The fourth-order valence-electron chi connectivity index (χ4n) is 3.05. The van der Waals surface area contributed by atoms with Gasteiger partial charge in [0, 0.05) is 30.4 Å². The summed E-state index contributed by atoms with van der Waals surface area (Å²) in [5.41, 5.74) is 1.00. The number of β-amino-alcohol motifs (C(OH)–C–C–N with tert-alkyl or cyclic N) is 1. The standard InChI is InChI=1S/C18H20N2O4S/c21-13-10-19-8-12(13)9-20-18(22)17-4-3-16(25-17)11-1-2-14-15(7-11)24-6-5-23-14/h1-4,7,12-13,19,21H,5-6,8-10H2,(H,20,22). The maximum atomic E-state index is 12.3. The molecule has 0 saturated carbocycles. The number of ether oxygens (including phenoxy) is 2. The highest BCUT2D eigenvalue weighted by molar-refractivity contribution is 7.17. The van der Waals surface area contributed by atoms with Crippen LogP contribution in [0.2, 0.25) is 0 Å². The molecule has 3 N–H and O–H groups in total. The molecule has 0 bridgehead atoms. The third-order valence-electron chi connectivity index (χ3n) is 4.49. The highest BCUT2D eigenvalue weighted by atomic mass is 32.1. The minimum atomic E-state index is -0.392. The summed E-state index contributed by atoms with van der Waals surface area (Å²) in [6, 6.07) is 9.59. The Morgan fingerprint density at radius 3 is 2.84 bits per heavy atom. The quantitative estimate of drug-likeness (QED) is 0.770. The zero-order valence-corrected chi connectivity index (χ0v) is 14.5. The van der Waals surface area contributed by atoms with Crippen LogP contribution in [0.15, 0.2) is 30.3 Å². The van der Waals surface area contributed by atoms with Crippen LogP contribution in [0, 0.1) is 5.92 Å². The van der Waals surface area contributed by atoms with Crippen LogP contribution >= 0.6 is 11.3 Å². The van der Waals surface area contributed by atoms with Crippen molar-refractivity contribution in [2.75, 3.05) is 32.8 Å². The van der Waals surface area contributed by atoms with Gasteiger partial charge in [-0.1, -0.05) is 0 Å². The molecule has 2 atom stereocenters. The van der Waals surface area contributed by atoms with Crippen LogP contribution in [0.5, 0.6) is 11.5 Å². The third-order valence-corrected chi connectivity index (χ3v) is 5.62. The van der Waals surface area contributed by atoms with E-state index in [9.17, 15) is 9.90 Å². The highest BCUT2D eigenvalue weighted by Crippen LogP contribution is 2.36. The minimum absolute atomic E-state index is 0.0705. The highest BCUT2D eigenvalue weighted by Gasteiger charge is 2.25. The molecule has 1 amide bonds. The summed E-state index contributed by atoms with van der Waals surface area (Å²) in [6.07, 6.45) is -0.392. The van der Waals surface area contributed by atoms with E-state index in [1.165, 1.54) is 11.3 Å². The first-order chi connectivity index (χ1) is 12.2. The van der Waals surface area contributed by atoms with Gasteiger partial charge in [0.2, 0.25) is 0 Å². The van der Waals surface area contributed by atoms with Crippen molar-refractivity contribution in [3.63, 3.8) is 0 Å². The van der Waals surface area contributed by atoms with Gasteiger partial charge in [-0.25, -0.2) is 0 Å². The van der Waals surface area contributed by atoms with Crippen LogP contribution in [0.1, 0.15) is 9.67 Å². The fourth-order valence-corrected chi connectivity index (χ4v) is 3.97. The van der Waals surface area contributed by atoms with Crippen LogP contribution < -0.4 is 20.1 Å². The van der Waals surface area contributed by atoms with Gasteiger partial charge in [0.15, 0.2) is 11.5 Å². The second-order valence-corrected chi connectivity index (χ2v) is 7.30. The lowest BCUT2D eigenvalue weighted by Gasteiger charge is -2.18. The maximum absolute atomic E-state index is 12.3. The summed E-state index contributed by atoms with van der Waals surface area (Å²) in [5.74, 6) is 1.47. The number of fused-ring (bicyclic) bond motifs is 1. The summed E-state index contributed by atoms with van der Waals surface area (Å²) in [5, 5.41) is 15.8. The lowest BCUT2D eigenvalue weighted by atomic mass is 10.1. The van der Waals surface area contributed by atoms with Crippen LogP contribution in [0.25, 0.3) is 10.4 Å². The molecular weight excluding hydrogens is 340 g/mol. The molecule has 3 heterocycles. The molecule has 2 aromatic rings. The monoisotopic (exact) mass is 360 g/mol. The number of hydrogen-bond acceptors (Lipinski definition) is 6. The van der Waals surface area contributed by atoms with E-state index in [-0.39, 0.29) is 11.8 Å². The van der Waals surface area contributed by atoms with Crippen molar-refractivity contribution in [2.45, 2.75) is 6.10 Å². The van der Waals surface area contributed by atoms with Gasteiger partial charge >= 0.3 is 0 Å². The molecule has 1 fully saturated rings. The average molecular weight is 360 g/mol. The Kier molecular flexibility index (Phi) is 4.61. The SMILES string of the molecule is O=C(NCC1CNCC1O)c1ccc(-c2ccc3c(c2)OCCO3)s1. The number of amides is 1. The van der Waals surface area contributed by atoms with Crippen LogP contribution in [-0.4, -0.2) is 50.0 Å². The molecule has 0 spiro atoms. The third kappa shape index (κ3) is 3.49. The summed E-state index contributed by atoms with van der Waals surface area (Å²) in [4.78, 5) is 14.0. The Bertz CT molecular complexity index is 776. The molecule has 1 aromatic heterocycles. The minimum Gasteiger partial charge on any atom is -0.486 e. The first-order valence-electron chi connectivity index (χ1n) is 8.37. The zero-order valence-electron chi connectivity index (χ0n) is 13.7. The Balaban J connectivity index is 1.43. The van der Waals surface area contributed by atoms with Crippen molar-refractivity contribution in [1.82, 2.24) is 10.6 Å². The molecular formula is C18H20N2O4S. The van der Waals surface area contributed by atoms with Gasteiger partial charge in [-0.15, -0.1) is 11.3 Å². The Hall–Kier alpha value is -2.09. The van der Waals surface area contributed by atoms with Crippen molar-refractivity contribution in [3.8, 4) is 21.9 Å². The molecule has 7 heteroatoms. The summed E-state index contributed by atoms with van der Waals surface area (Å²) < 4.78 is 11.2. The van der Waals surface area contributed by atoms with E-state index in [0.717, 1.165) is 28.5 Å². The summed E-state index contributed by atoms with van der Waals surface area (Å²) in [7, 11) is 0. The van der Waals surface area contributed by atoms with Gasteiger partial charge < -0.3 is 25.2 Å². The summed E-state index contributed by atoms with van der Waals surface area (Å²) >= 11 is 1.44. The number of hydrogen-bond donors (Lipinski definition) is 3. The van der Waals surface area contributed by atoms with E-state index in [1.54, 1.807) is 0 Å². The van der Waals surface area contributed by atoms with Gasteiger partial charge in [0.25, 0.3) is 5.91 Å². The lowest BCUT2D eigenvalue weighted by Crippen LogP contribution is -2.33. The number of carbonyl (C=O) groups is 1. The van der Waals surface area contributed by atoms with Crippen LogP contribution in [-0.2, 0) is 0 Å². The molecule has 132 valence electrons. The van der Waals surface area contributed by atoms with Gasteiger partial charge in [-0.05, 0) is 35.9 Å². The molecule has 1 saturated heterocycles. The van der Waals surface area contributed by atoms with Gasteiger partial charge in [0.05, 0.1) is 11.0 Å². The normalized spacial score (nSPS) is 22.0.